The maximum atomic E-state index is 10.1. The van der Waals surface area contributed by atoms with E-state index in [-0.39, 0.29) is 6.10 Å². The van der Waals surface area contributed by atoms with E-state index in [1.165, 1.54) is 44.9 Å². The standard InChI is InChI=1S/C24H38O/c1-5-6-16(2)20-9-10-21-19-8-7-17-15-18(25)11-13-23(17,3)22(19)12-14-24(20,21)4/h6-7,18-22,25H,5,8-15H2,1-4H3/b16-6+/t18-,19?,20?,21?,22?,23-,24+/m0/s1. The third-order valence-electron chi connectivity index (χ3n) is 9.15. The molecule has 1 N–H and O–H groups in total. The van der Waals surface area contributed by atoms with Crippen LogP contribution in [0.15, 0.2) is 23.3 Å². The maximum Gasteiger partial charge on any atom is 0.0577 e. The quantitative estimate of drug-likeness (QED) is 0.585. The summed E-state index contributed by atoms with van der Waals surface area (Å²) in [6, 6.07) is 0. The smallest absolute Gasteiger partial charge is 0.0577 e. The molecule has 0 aromatic rings. The molecule has 0 heterocycles. The van der Waals surface area contributed by atoms with Crippen LogP contribution < -0.4 is 0 Å². The number of aliphatic hydroxyl groups is 1. The van der Waals surface area contributed by atoms with Gasteiger partial charge in [0.2, 0.25) is 0 Å². The molecule has 4 unspecified atom stereocenters. The lowest BCUT2D eigenvalue weighted by Crippen LogP contribution is -2.50. The van der Waals surface area contributed by atoms with Crippen LogP contribution in [0, 0.1) is 34.5 Å². The molecule has 0 aromatic heterocycles. The van der Waals surface area contributed by atoms with Gasteiger partial charge in [0, 0.05) is 0 Å². The number of fused-ring (bicyclic) bond motifs is 5. The molecule has 1 nitrogen and oxygen atoms in total. The first kappa shape index (κ1) is 17.8. The van der Waals surface area contributed by atoms with Crippen LogP contribution in [0.5, 0.6) is 0 Å². The van der Waals surface area contributed by atoms with Crippen LogP contribution in [-0.4, -0.2) is 11.2 Å². The molecule has 3 saturated carbocycles. The van der Waals surface area contributed by atoms with Gasteiger partial charge in [0.1, 0.15) is 0 Å². The largest absolute Gasteiger partial charge is 0.393 e. The van der Waals surface area contributed by atoms with Crippen LogP contribution in [0.4, 0.5) is 0 Å². The van der Waals surface area contributed by atoms with Crippen LogP contribution in [0.25, 0.3) is 0 Å². The number of hydrogen-bond acceptors (Lipinski definition) is 1. The molecule has 0 spiro atoms. The Morgan fingerprint density at radius 3 is 2.72 bits per heavy atom. The van der Waals surface area contributed by atoms with Gasteiger partial charge in [-0.2, -0.15) is 0 Å². The molecule has 0 saturated heterocycles. The summed E-state index contributed by atoms with van der Waals surface area (Å²) in [6.07, 6.45) is 16.3. The maximum absolute atomic E-state index is 10.1. The van der Waals surface area contributed by atoms with Gasteiger partial charge in [-0.25, -0.2) is 0 Å². The van der Waals surface area contributed by atoms with Gasteiger partial charge in [-0.1, -0.05) is 44.1 Å². The first-order chi connectivity index (χ1) is 11.9. The highest BCUT2D eigenvalue weighted by Crippen LogP contribution is 2.67. The molecule has 25 heavy (non-hydrogen) atoms. The second-order valence-electron chi connectivity index (χ2n) is 10.2. The fourth-order valence-corrected chi connectivity index (χ4v) is 7.85. The molecule has 4 rings (SSSR count). The van der Waals surface area contributed by atoms with Crippen molar-refractivity contribution in [3.05, 3.63) is 23.3 Å². The Morgan fingerprint density at radius 1 is 1.16 bits per heavy atom. The molecule has 4 aliphatic carbocycles. The number of hydrogen-bond donors (Lipinski definition) is 1. The van der Waals surface area contributed by atoms with E-state index in [2.05, 4.69) is 39.8 Å². The highest BCUT2D eigenvalue weighted by molar-refractivity contribution is 5.26. The Bertz CT molecular complexity index is 587. The summed E-state index contributed by atoms with van der Waals surface area (Å²) in [7, 11) is 0. The van der Waals surface area contributed by atoms with E-state index >= 15 is 0 Å². The molecule has 1 heteroatoms. The molecule has 0 amide bonds. The third kappa shape index (κ3) is 2.59. The van der Waals surface area contributed by atoms with E-state index in [4.69, 9.17) is 0 Å². The minimum absolute atomic E-state index is 0.0811. The third-order valence-corrected chi connectivity index (χ3v) is 9.15. The zero-order valence-electron chi connectivity index (χ0n) is 16.9. The van der Waals surface area contributed by atoms with Crippen molar-refractivity contribution in [1.82, 2.24) is 0 Å². The van der Waals surface area contributed by atoms with Crippen LogP contribution >= 0.6 is 0 Å². The Morgan fingerprint density at radius 2 is 1.96 bits per heavy atom. The van der Waals surface area contributed by atoms with E-state index in [0.717, 1.165) is 36.5 Å². The minimum atomic E-state index is -0.0811. The summed E-state index contributed by atoms with van der Waals surface area (Å²) in [5, 5.41) is 10.1. The molecule has 0 radical (unpaired) electrons. The van der Waals surface area contributed by atoms with Gasteiger partial charge >= 0.3 is 0 Å². The fourth-order valence-electron chi connectivity index (χ4n) is 7.85. The van der Waals surface area contributed by atoms with Gasteiger partial charge in [-0.05, 0) is 99.2 Å². The lowest BCUT2D eigenvalue weighted by atomic mass is 9.47. The van der Waals surface area contributed by atoms with Gasteiger partial charge in [0.15, 0.2) is 0 Å². The fraction of sp³-hybridized carbons (Fsp3) is 0.833. The second-order valence-corrected chi connectivity index (χ2v) is 10.2. The van der Waals surface area contributed by atoms with Gasteiger partial charge in [0.25, 0.3) is 0 Å². The van der Waals surface area contributed by atoms with Crippen molar-refractivity contribution in [3.8, 4) is 0 Å². The topological polar surface area (TPSA) is 20.2 Å². The summed E-state index contributed by atoms with van der Waals surface area (Å²) >= 11 is 0. The lowest BCUT2D eigenvalue weighted by molar-refractivity contribution is -0.0454. The normalized spacial score (nSPS) is 49.9. The van der Waals surface area contributed by atoms with Crippen molar-refractivity contribution < 1.29 is 5.11 Å². The minimum Gasteiger partial charge on any atom is -0.393 e. The molecular weight excluding hydrogens is 304 g/mol. The SMILES string of the molecule is CC/C=C(\C)C1CCC2C3CC=C4C[C@@H](O)CC[C@]4(C)C3CC[C@]12C. The molecule has 0 bridgehead atoms. The Balaban J connectivity index is 1.63. The van der Waals surface area contributed by atoms with Crippen molar-refractivity contribution >= 4 is 0 Å². The summed E-state index contributed by atoms with van der Waals surface area (Å²) in [5.74, 6) is 3.50. The molecule has 0 aromatic carbocycles. The highest BCUT2D eigenvalue weighted by atomic mass is 16.3. The van der Waals surface area contributed by atoms with E-state index in [1.54, 1.807) is 11.1 Å². The molecule has 3 fully saturated rings. The van der Waals surface area contributed by atoms with Crippen LogP contribution in [0.1, 0.15) is 85.5 Å². The van der Waals surface area contributed by atoms with Gasteiger partial charge < -0.3 is 5.11 Å². The van der Waals surface area contributed by atoms with Crippen molar-refractivity contribution in [1.29, 1.82) is 0 Å². The zero-order valence-corrected chi connectivity index (χ0v) is 16.9. The van der Waals surface area contributed by atoms with Crippen molar-refractivity contribution in [2.24, 2.45) is 34.5 Å². The van der Waals surface area contributed by atoms with Crippen LogP contribution in [0.2, 0.25) is 0 Å². The molecular formula is C24H38O. The van der Waals surface area contributed by atoms with E-state index < -0.39 is 0 Å². The number of aliphatic hydroxyl groups excluding tert-OH is 1. The highest BCUT2D eigenvalue weighted by Gasteiger charge is 2.58. The molecule has 140 valence electrons. The van der Waals surface area contributed by atoms with E-state index in [9.17, 15) is 5.11 Å². The van der Waals surface area contributed by atoms with Crippen LogP contribution in [-0.2, 0) is 0 Å². The Labute approximate surface area is 155 Å². The molecule has 0 aliphatic heterocycles. The van der Waals surface area contributed by atoms with E-state index in [0.29, 0.717) is 10.8 Å². The average Bonchev–Trinajstić information content (AvgIpc) is 2.93. The zero-order chi connectivity index (χ0) is 17.8. The number of allylic oxidation sites excluding steroid dienone is 3. The van der Waals surface area contributed by atoms with Crippen molar-refractivity contribution in [3.63, 3.8) is 0 Å². The van der Waals surface area contributed by atoms with Gasteiger partial charge in [-0.15, -0.1) is 0 Å². The van der Waals surface area contributed by atoms with E-state index in [1.807, 2.05) is 0 Å². The van der Waals surface area contributed by atoms with Crippen molar-refractivity contribution in [2.75, 3.05) is 0 Å². The predicted octanol–water partition coefficient (Wildman–Crippen LogP) is 6.28. The Kier molecular flexibility index (Phi) is 4.46. The van der Waals surface area contributed by atoms with Crippen molar-refractivity contribution in [2.45, 2.75) is 91.6 Å². The molecule has 4 aliphatic rings. The van der Waals surface area contributed by atoms with Gasteiger partial charge in [0.05, 0.1) is 6.10 Å². The lowest BCUT2D eigenvalue weighted by Gasteiger charge is -2.58. The first-order valence-corrected chi connectivity index (χ1v) is 10.9. The monoisotopic (exact) mass is 342 g/mol. The summed E-state index contributed by atoms with van der Waals surface area (Å²) in [4.78, 5) is 0. The predicted molar refractivity (Wildman–Crippen MR) is 105 cm³/mol. The summed E-state index contributed by atoms with van der Waals surface area (Å²) in [6.45, 7) is 9.85. The first-order valence-electron chi connectivity index (χ1n) is 10.9. The molecule has 7 atom stereocenters. The Hall–Kier alpha value is -0.560. The summed E-state index contributed by atoms with van der Waals surface area (Å²) < 4.78 is 0. The average molecular weight is 343 g/mol. The van der Waals surface area contributed by atoms with Gasteiger partial charge in [-0.3, -0.25) is 0 Å². The van der Waals surface area contributed by atoms with Crippen LogP contribution in [0.3, 0.4) is 0 Å². The number of rotatable bonds is 2. The second kappa shape index (κ2) is 6.25. The summed E-state index contributed by atoms with van der Waals surface area (Å²) in [5.41, 5.74) is 4.19.